The van der Waals surface area contributed by atoms with E-state index >= 15 is 0 Å². The first-order valence-corrected chi connectivity index (χ1v) is 6.48. The van der Waals surface area contributed by atoms with Gasteiger partial charge in [-0.2, -0.15) is 0 Å². The highest BCUT2D eigenvalue weighted by molar-refractivity contribution is 5.28. The lowest BCUT2D eigenvalue weighted by Gasteiger charge is -2.32. The third kappa shape index (κ3) is 3.39. The SMILES string of the molecule is COCCNCC1CCCN(c2nnnn2C)C1. The summed E-state index contributed by atoms with van der Waals surface area (Å²) in [4.78, 5) is 2.27. The van der Waals surface area contributed by atoms with Crippen LogP contribution in [0, 0.1) is 5.92 Å². The minimum atomic E-state index is 0.660. The number of piperidine rings is 1. The molecule has 7 heteroatoms. The zero-order valence-electron chi connectivity index (χ0n) is 11.2. The number of hydrogen-bond acceptors (Lipinski definition) is 6. The standard InChI is InChI=1S/C11H22N6O/c1-16-11(13-14-15-16)17-6-3-4-10(9-17)8-12-5-7-18-2/h10,12H,3-9H2,1-2H3. The van der Waals surface area contributed by atoms with Gasteiger partial charge in [-0.3, -0.25) is 0 Å². The van der Waals surface area contributed by atoms with Crippen molar-refractivity contribution in [2.24, 2.45) is 13.0 Å². The molecule has 0 bridgehead atoms. The quantitative estimate of drug-likeness (QED) is 0.701. The van der Waals surface area contributed by atoms with Gasteiger partial charge in [0, 0.05) is 33.8 Å². The summed E-state index contributed by atoms with van der Waals surface area (Å²) in [6.45, 7) is 4.78. The average molecular weight is 254 g/mol. The third-order valence-electron chi connectivity index (χ3n) is 3.32. The van der Waals surface area contributed by atoms with E-state index in [2.05, 4.69) is 25.7 Å². The smallest absolute Gasteiger partial charge is 0.245 e. The first-order valence-electron chi connectivity index (χ1n) is 6.48. The van der Waals surface area contributed by atoms with Crippen LogP contribution in [-0.2, 0) is 11.8 Å². The molecular weight excluding hydrogens is 232 g/mol. The van der Waals surface area contributed by atoms with Gasteiger partial charge in [0.05, 0.1) is 6.61 Å². The van der Waals surface area contributed by atoms with E-state index in [4.69, 9.17) is 4.74 Å². The highest BCUT2D eigenvalue weighted by atomic mass is 16.5. The molecule has 1 aliphatic rings. The molecule has 102 valence electrons. The van der Waals surface area contributed by atoms with Crippen LogP contribution < -0.4 is 10.2 Å². The van der Waals surface area contributed by atoms with Crippen LogP contribution in [0.4, 0.5) is 5.95 Å². The number of tetrazole rings is 1. The summed E-state index contributed by atoms with van der Waals surface area (Å²) in [5.74, 6) is 1.53. The Morgan fingerprint density at radius 3 is 3.11 bits per heavy atom. The molecule has 0 aromatic carbocycles. The molecule has 2 rings (SSSR count). The molecule has 0 spiro atoms. The van der Waals surface area contributed by atoms with Gasteiger partial charge in [-0.1, -0.05) is 5.10 Å². The Morgan fingerprint density at radius 1 is 1.50 bits per heavy atom. The second-order valence-corrected chi connectivity index (χ2v) is 4.75. The summed E-state index contributed by atoms with van der Waals surface area (Å²) in [7, 11) is 3.61. The minimum absolute atomic E-state index is 0.660. The lowest BCUT2D eigenvalue weighted by Crippen LogP contribution is -2.41. The van der Waals surface area contributed by atoms with Crippen molar-refractivity contribution in [1.82, 2.24) is 25.5 Å². The Labute approximate surface area is 107 Å². The van der Waals surface area contributed by atoms with Gasteiger partial charge in [0.2, 0.25) is 5.95 Å². The van der Waals surface area contributed by atoms with Crippen molar-refractivity contribution in [1.29, 1.82) is 0 Å². The van der Waals surface area contributed by atoms with E-state index in [9.17, 15) is 0 Å². The van der Waals surface area contributed by atoms with Crippen LogP contribution in [0.1, 0.15) is 12.8 Å². The van der Waals surface area contributed by atoms with Crippen LogP contribution in [0.5, 0.6) is 0 Å². The number of aromatic nitrogens is 4. The van der Waals surface area contributed by atoms with Crippen molar-refractivity contribution >= 4 is 5.95 Å². The maximum Gasteiger partial charge on any atom is 0.245 e. The van der Waals surface area contributed by atoms with Gasteiger partial charge in [0.15, 0.2) is 0 Å². The lowest BCUT2D eigenvalue weighted by atomic mass is 9.98. The topological polar surface area (TPSA) is 68.1 Å². The zero-order chi connectivity index (χ0) is 12.8. The van der Waals surface area contributed by atoms with E-state index in [0.717, 1.165) is 38.7 Å². The predicted octanol–water partition coefficient (Wildman–Crippen LogP) is -0.337. The molecule has 1 N–H and O–H groups in total. The van der Waals surface area contributed by atoms with E-state index in [0.29, 0.717) is 5.92 Å². The van der Waals surface area contributed by atoms with Crippen molar-refractivity contribution in [3.8, 4) is 0 Å². The molecule has 1 fully saturated rings. The molecule has 0 amide bonds. The van der Waals surface area contributed by atoms with Gasteiger partial charge in [-0.25, -0.2) is 4.68 Å². The molecule has 1 unspecified atom stereocenters. The Hall–Kier alpha value is -1.21. The molecule has 1 aromatic rings. The van der Waals surface area contributed by atoms with Crippen molar-refractivity contribution < 1.29 is 4.74 Å². The number of aryl methyl sites for hydroxylation is 1. The molecule has 18 heavy (non-hydrogen) atoms. The second kappa shape index (κ2) is 6.65. The molecule has 0 aliphatic carbocycles. The zero-order valence-corrected chi connectivity index (χ0v) is 11.2. The van der Waals surface area contributed by atoms with Crippen LogP contribution in [0.15, 0.2) is 0 Å². The fraction of sp³-hybridized carbons (Fsp3) is 0.909. The highest BCUT2D eigenvalue weighted by Gasteiger charge is 2.22. The predicted molar refractivity (Wildman–Crippen MR) is 68.5 cm³/mol. The molecule has 1 aliphatic heterocycles. The summed E-state index contributed by atoms with van der Waals surface area (Å²) >= 11 is 0. The highest BCUT2D eigenvalue weighted by Crippen LogP contribution is 2.19. The molecular formula is C11H22N6O. The normalized spacial score (nSPS) is 20.3. The number of ether oxygens (including phenoxy) is 1. The maximum absolute atomic E-state index is 5.02. The van der Waals surface area contributed by atoms with E-state index in [1.54, 1.807) is 11.8 Å². The van der Waals surface area contributed by atoms with Crippen molar-refractivity contribution in [3.63, 3.8) is 0 Å². The van der Waals surface area contributed by atoms with Crippen LogP contribution in [0.25, 0.3) is 0 Å². The summed E-state index contributed by atoms with van der Waals surface area (Å²) in [5.41, 5.74) is 0. The second-order valence-electron chi connectivity index (χ2n) is 4.75. The van der Waals surface area contributed by atoms with Gasteiger partial charge in [-0.05, 0) is 35.7 Å². The number of nitrogens with one attached hydrogen (secondary N) is 1. The maximum atomic E-state index is 5.02. The first-order chi connectivity index (χ1) is 8.81. The Morgan fingerprint density at radius 2 is 2.39 bits per heavy atom. The third-order valence-corrected chi connectivity index (χ3v) is 3.32. The number of anilines is 1. The molecule has 0 radical (unpaired) electrons. The molecule has 0 saturated carbocycles. The molecule has 1 aromatic heterocycles. The van der Waals surface area contributed by atoms with Gasteiger partial charge < -0.3 is 15.0 Å². The average Bonchev–Trinajstić information content (AvgIpc) is 2.81. The van der Waals surface area contributed by atoms with Crippen molar-refractivity contribution in [2.45, 2.75) is 12.8 Å². The van der Waals surface area contributed by atoms with Gasteiger partial charge in [0.1, 0.15) is 0 Å². The van der Waals surface area contributed by atoms with Crippen molar-refractivity contribution in [2.75, 3.05) is 44.8 Å². The van der Waals surface area contributed by atoms with Crippen LogP contribution in [0.2, 0.25) is 0 Å². The lowest BCUT2D eigenvalue weighted by molar-refractivity contribution is 0.197. The summed E-state index contributed by atoms with van der Waals surface area (Å²) in [6.07, 6.45) is 2.46. The Bertz CT molecular complexity index is 355. The van der Waals surface area contributed by atoms with Crippen LogP contribution >= 0.6 is 0 Å². The summed E-state index contributed by atoms with van der Waals surface area (Å²) < 4.78 is 6.76. The van der Waals surface area contributed by atoms with E-state index < -0.39 is 0 Å². The summed E-state index contributed by atoms with van der Waals surface area (Å²) in [6, 6.07) is 0. The summed E-state index contributed by atoms with van der Waals surface area (Å²) in [5, 5.41) is 15.1. The largest absolute Gasteiger partial charge is 0.383 e. The van der Waals surface area contributed by atoms with E-state index in [1.165, 1.54) is 12.8 Å². The molecule has 7 nitrogen and oxygen atoms in total. The van der Waals surface area contributed by atoms with Gasteiger partial charge in [-0.15, -0.1) is 0 Å². The Kier molecular flexibility index (Phi) is 4.89. The minimum Gasteiger partial charge on any atom is -0.383 e. The van der Waals surface area contributed by atoms with E-state index in [1.807, 2.05) is 7.05 Å². The van der Waals surface area contributed by atoms with Gasteiger partial charge >= 0.3 is 0 Å². The van der Waals surface area contributed by atoms with Crippen LogP contribution in [-0.4, -0.2) is 60.1 Å². The molecule has 1 atom stereocenters. The fourth-order valence-corrected chi connectivity index (χ4v) is 2.39. The van der Waals surface area contributed by atoms with Crippen LogP contribution in [0.3, 0.4) is 0 Å². The molecule has 1 saturated heterocycles. The Balaban J connectivity index is 1.80. The fourth-order valence-electron chi connectivity index (χ4n) is 2.39. The van der Waals surface area contributed by atoms with Gasteiger partial charge in [0.25, 0.3) is 0 Å². The molecule has 2 heterocycles. The number of methoxy groups -OCH3 is 1. The number of rotatable bonds is 6. The number of nitrogens with zero attached hydrogens (tertiary/aromatic N) is 5. The van der Waals surface area contributed by atoms with Crippen molar-refractivity contribution in [3.05, 3.63) is 0 Å². The number of hydrogen-bond donors (Lipinski definition) is 1. The van der Waals surface area contributed by atoms with E-state index in [-0.39, 0.29) is 0 Å². The first kappa shape index (κ1) is 13.2. The monoisotopic (exact) mass is 254 g/mol.